The summed E-state index contributed by atoms with van der Waals surface area (Å²) in [4.78, 5) is 37.0. The maximum absolute atomic E-state index is 13.0. The minimum absolute atomic E-state index is 0.119. The van der Waals surface area contributed by atoms with E-state index in [1.807, 2.05) is 32.0 Å². The third-order valence-corrected chi connectivity index (χ3v) is 5.63. The molecule has 0 spiro atoms. The third-order valence-electron chi connectivity index (χ3n) is 5.63. The number of ketones is 1. The van der Waals surface area contributed by atoms with Crippen molar-refractivity contribution in [2.75, 3.05) is 19.8 Å². The Morgan fingerprint density at radius 1 is 1.24 bits per heavy atom. The predicted octanol–water partition coefficient (Wildman–Crippen LogP) is 3.25. The maximum atomic E-state index is 13.0. The molecule has 3 aromatic rings. The number of rotatable bonds is 7. The molecule has 0 aliphatic carbocycles. The molecule has 4 heterocycles. The Labute approximate surface area is 198 Å². The number of anilines is 1. The lowest BCUT2D eigenvalue weighted by Crippen LogP contribution is -2.19. The van der Waals surface area contributed by atoms with Crippen LogP contribution in [0.1, 0.15) is 79.1 Å². The van der Waals surface area contributed by atoms with E-state index in [9.17, 15) is 4.79 Å². The number of carbonyl (C=O) groups is 1. The molecule has 0 bridgehead atoms. The monoisotopic (exact) mass is 462 g/mol. The van der Waals surface area contributed by atoms with Gasteiger partial charge in [0, 0.05) is 42.3 Å². The zero-order chi connectivity index (χ0) is 24.6. The smallest absolute Gasteiger partial charge is 0.182 e. The van der Waals surface area contributed by atoms with E-state index in [-0.39, 0.29) is 23.5 Å². The van der Waals surface area contributed by atoms with E-state index in [2.05, 4.69) is 45.9 Å². The number of nitrogen functional groups attached to an aromatic ring is 1. The second-order valence-electron chi connectivity index (χ2n) is 9.98. The Bertz CT molecular complexity index is 1260. The van der Waals surface area contributed by atoms with Gasteiger partial charge in [0.1, 0.15) is 40.8 Å². The molecule has 34 heavy (non-hydrogen) atoms. The zero-order valence-electron chi connectivity index (χ0n) is 20.5. The van der Waals surface area contributed by atoms with Gasteiger partial charge in [0.25, 0.3) is 0 Å². The molecule has 0 fully saturated rings. The van der Waals surface area contributed by atoms with Gasteiger partial charge in [-0.15, -0.1) is 0 Å². The minimum Gasteiger partial charge on any atom is -0.383 e. The molecule has 10 nitrogen and oxygen atoms in total. The third kappa shape index (κ3) is 4.86. The summed E-state index contributed by atoms with van der Waals surface area (Å²) in [5, 5.41) is 4.21. The topological polar surface area (TPSA) is 136 Å². The van der Waals surface area contributed by atoms with Crippen LogP contribution in [0.5, 0.6) is 0 Å². The highest BCUT2D eigenvalue weighted by Crippen LogP contribution is 2.30. The van der Waals surface area contributed by atoms with Crippen molar-refractivity contribution in [3.63, 3.8) is 0 Å². The lowest BCUT2D eigenvalue weighted by molar-refractivity contribution is 0.0965. The number of hydrogen-bond acceptors (Lipinski definition) is 10. The highest BCUT2D eigenvalue weighted by Gasteiger charge is 2.26. The zero-order valence-corrected chi connectivity index (χ0v) is 20.5. The first-order chi connectivity index (χ1) is 16.0. The van der Waals surface area contributed by atoms with E-state index in [4.69, 9.17) is 15.2 Å². The molecule has 1 aliphatic rings. The van der Waals surface area contributed by atoms with Gasteiger partial charge < -0.3 is 15.2 Å². The number of hydrogen-bond donors (Lipinski definition) is 1. The molecule has 0 aromatic carbocycles. The molecule has 2 N–H and O–H groups in total. The highest BCUT2D eigenvalue weighted by atomic mass is 16.5. The summed E-state index contributed by atoms with van der Waals surface area (Å²) < 4.78 is 5.59. The van der Waals surface area contributed by atoms with Gasteiger partial charge in [0.2, 0.25) is 0 Å². The number of Topliss-reactive ketones (excluding diaryl/α,β-unsaturated/α-hetero) is 1. The number of aromatic nitrogens is 5. The number of nitrogens with two attached hydrogens (primary N) is 1. The number of fused-ring (bicyclic) bond motifs is 1. The van der Waals surface area contributed by atoms with Crippen molar-refractivity contribution in [1.82, 2.24) is 30.0 Å². The van der Waals surface area contributed by atoms with Crippen LogP contribution in [0.15, 0.2) is 28.1 Å². The van der Waals surface area contributed by atoms with Gasteiger partial charge in [-0.25, -0.2) is 24.9 Å². The van der Waals surface area contributed by atoms with E-state index in [0.29, 0.717) is 41.5 Å². The van der Waals surface area contributed by atoms with E-state index in [1.165, 1.54) is 6.33 Å². The molecule has 1 aliphatic heterocycles. The summed E-state index contributed by atoms with van der Waals surface area (Å²) in [5.41, 5.74) is 9.92. The standard InChI is InChI=1S/C24H30N8O2/c1-13(7-19(33)21-14(11-32(5)6)22(25)28-12-27-21)20-9-17(31-34-20)15-8-16-18(29-15)10-26-23(30-16)24(2,3)4/h9-10,12-13H,7-8,11H2,1-6H3,(H2,25,27,28)/t13-/m0/s1. The van der Waals surface area contributed by atoms with Crippen LogP contribution in [0.3, 0.4) is 0 Å². The van der Waals surface area contributed by atoms with Gasteiger partial charge >= 0.3 is 0 Å². The van der Waals surface area contributed by atoms with Crippen LogP contribution in [-0.4, -0.2) is 55.6 Å². The second-order valence-corrected chi connectivity index (χ2v) is 9.98. The molecule has 4 rings (SSSR count). The van der Waals surface area contributed by atoms with Crippen molar-refractivity contribution in [3.8, 4) is 0 Å². The fourth-order valence-corrected chi connectivity index (χ4v) is 3.76. The lowest BCUT2D eigenvalue weighted by atomic mass is 9.95. The predicted molar refractivity (Wildman–Crippen MR) is 128 cm³/mol. The molecule has 0 unspecified atom stereocenters. The largest absolute Gasteiger partial charge is 0.383 e. The summed E-state index contributed by atoms with van der Waals surface area (Å²) in [6, 6.07) is 1.84. The molecule has 0 amide bonds. The van der Waals surface area contributed by atoms with Crippen molar-refractivity contribution in [2.24, 2.45) is 4.99 Å². The number of aliphatic imine (C=N–C) groups is 1. The molecule has 178 valence electrons. The number of carbonyl (C=O) groups excluding carboxylic acids is 1. The van der Waals surface area contributed by atoms with Gasteiger partial charge in [0.15, 0.2) is 5.78 Å². The molecule has 0 saturated heterocycles. The van der Waals surface area contributed by atoms with Crippen molar-refractivity contribution in [1.29, 1.82) is 0 Å². The summed E-state index contributed by atoms with van der Waals surface area (Å²) in [6.45, 7) is 8.64. The Kier molecular flexibility index (Phi) is 6.26. The van der Waals surface area contributed by atoms with Gasteiger partial charge in [-0.3, -0.25) is 4.79 Å². The van der Waals surface area contributed by atoms with Crippen LogP contribution in [-0.2, 0) is 18.4 Å². The summed E-state index contributed by atoms with van der Waals surface area (Å²) in [5.74, 6) is 1.40. The van der Waals surface area contributed by atoms with Crippen LogP contribution < -0.4 is 5.73 Å². The van der Waals surface area contributed by atoms with Gasteiger partial charge in [-0.1, -0.05) is 32.9 Å². The van der Waals surface area contributed by atoms with Gasteiger partial charge in [0.05, 0.1) is 17.6 Å². The minimum atomic E-state index is -0.200. The highest BCUT2D eigenvalue weighted by molar-refractivity contribution is 6.04. The average molecular weight is 463 g/mol. The first kappa shape index (κ1) is 23.6. The SMILES string of the molecule is C[C@@H](CC(=O)c1ncnc(N)c1CN(C)C)c1cc(C2=Nc3cnc(C(C)(C)C)nc3C2)no1. The molecular formula is C24H30N8O2. The normalized spacial score (nSPS) is 14.3. The van der Waals surface area contributed by atoms with Crippen LogP contribution >= 0.6 is 0 Å². The van der Waals surface area contributed by atoms with Crippen molar-refractivity contribution >= 4 is 23.0 Å². The van der Waals surface area contributed by atoms with Crippen molar-refractivity contribution < 1.29 is 9.32 Å². The van der Waals surface area contributed by atoms with E-state index < -0.39 is 0 Å². The lowest BCUT2D eigenvalue weighted by Gasteiger charge is -2.16. The average Bonchev–Trinajstić information content (AvgIpc) is 3.40. The number of nitrogens with zero attached hydrogens (tertiary/aromatic N) is 7. The molecule has 1 atom stereocenters. The van der Waals surface area contributed by atoms with Crippen molar-refractivity contribution in [3.05, 3.63) is 52.8 Å². The fraction of sp³-hybridized carbons (Fsp3) is 0.458. The van der Waals surface area contributed by atoms with Crippen LogP contribution in [0, 0.1) is 0 Å². The first-order valence-electron chi connectivity index (χ1n) is 11.2. The van der Waals surface area contributed by atoms with Crippen LogP contribution in [0.4, 0.5) is 11.5 Å². The molecule has 10 heteroatoms. The van der Waals surface area contributed by atoms with E-state index in [0.717, 1.165) is 22.9 Å². The maximum Gasteiger partial charge on any atom is 0.182 e. The Morgan fingerprint density at radius 2 is 2.00 bits per heavy atom. The Morgan fingerprint density at radius 3 is 2.71 bits per heavy atom. The fourth-order valence-electron chi connectivity index (χ4n) is 3.76. The van der Waals surface area contributed by atoms with Gasteiger partial charge in [-0.05, 0) is 14.1 Å². The summed E-state index contributed by atoms with van der Waals surface area (Å²) in [7, 11) is 3.80. The van der Waals surface area contributed by atoms with E-state index >= 15 is 0 Å². The first-order valence-corrected chi connectivity index (χ1v) is 11.2. The molecule has 0 radical (unpaired) electrons. The van der Waals surface area contributed by atoms with Crippen molar-refractivity contribution in [2.45, 2.75) is 58.4 Å². The Hall–Kier alpha value is -3.53. The quantitative estimate of drug-likeness (QED) is 0.525. The summed E-state index contributed by atoms with van der Waals surface area (Å²) >= 11 is 0. The molecule has 0 saturated carbocycles. The van der Waals surface area contributed by atoms with Crippen LogP contribution in [0.25, 0.3) is 0 Å². The molecular weight excluding hydrogens is 432 g/mol. The molecule has 3 aromatic heterocycles. The summed E-state index contributed by atoms with van der Waals surface area (Å²) in [6.07, 6.45) is 3.85. The van der Waals surface area contributed by atoms with Crippen LogP contribution in [0.2, 0.25) is 0 Å². The van der Waals surface area contributed by atoms with E-state index in [1.54, 1.807) is 6.20 Å². The Balaban J connectivity index is 1.48. The second kappa shape index (κ2) is 9.02. The van der Waals surface area contributed by atoms with Gasteiger partial charge in [-0.2, -0.15) is 0 Å².